The van der Waals surface area contributed by atoms with Gasteiger partial charge in [-0.15, -0.1) is 0 Å². The maximum atomic E-state index is 13.4. The molecule has 1 amide bonds. The molecule has 1 aromatic carbocycles. The molecule has 13 heteroatoms. The van der Waals surface area contributed by atoms with E-state index in [1.165, 1.54) is 4.90 Å². The van der Waals surface area contributed by atoms with E-state index in [0.717, 1.165) is 50.6 Å². The highest BCUT2D eigenvalue weighted by Crippen LogP contribution is 2.59. The number of carbonyl (C=O) groups excluding carboxylic acids is 1. The molecule has 2 heterocycles. The molecule has 5 rings (SSSR count). The van der Waals surface area contributed by atoms with Crippen LogP contribution in [0.15, 0.2) is 27.6 Å². The Kier molecular flexibility index (Phi) is 5.26. The van der Waals surface area contributed by atoms with Crippen molar-refractivity contribution in [1.82, 2.24) is 15.0 Å². The zero-order valence-electron chi connectivity index (χ0n) is 19.3. The van der Waals surface area contributed by atoms with Gasteiger partial charge in [0.15, 0.2) is 21.8 Å². The van der Waals surface area contributed by atoms with E-state index in [9.17, 15) is 26.4 Å². The summed E-state index contributed by atoms with van der Waals surface area (Å²) in [6.07, 6.45) is -3.59. The summed E-state index contributed by atoms with van der Waals surface area (Å²) in [6.45, 7) is 1.38. The molecule has 9 nitrogen and oxygen atoms in total. The molecule has 1 aliphatic heterocycles. The summed E-state index contributed by atoms with van der Waals surface area (Å²) in [6, 6.07) is 3.27. The van der Waals surface area contributed by atoms with Crippen molar-refractivity contribution < 1.29 is 40.4 Å². The first-order valence-corrected chi connectivity index (χ1v) is 12.9. The van der Waals surface area contributed by atoms with E-state index in [1.807, 2.05) is 0 Å². The van der Waals surface area contributed by atoms with Crippen molar-refractivity contribution in [3.63, 3.8) is 0 Å². The van der Waals surface area contributed by atoms with Crippen LogP contribution in [0.5, 0.6) is 5.75 Å². The van der Waals surface area contributed by atoms with Crippen LogP contribution in [-0.2, 0) is 25.6 Å². The number of nitrogens with zero attached hydrogens (tertiary/aromatic N) is 3. The summed E-state index contributed by atoms with van der Waals surface area (Å²) in [7, 11) is -2.14. The number of piperidine rings is 1. The van der Waals surface area contributed by atoms with Crippen molar-refractivity contribution in [3.05, 3.63) is 35.5 Å². The minimum Gasteiger partial charge on any atom is -0.480 e. The van der Waals surface area contributed by atoms with Gasteiger partial charge in [0.25, 0.3) is 11.8 Å². The Hall–Kier alpha value is -2.67. The Bertz CT molecular complexity index is 1290. The molecule has 3 fully saturated rings. The molecule has 1 unspecified atom stereocenters. The van der Waals surface area contributed by atoms with Crippen molar-refractivity contribution in [3.8, 4) is 5.75 Å². The highest BCUT2D eigenvalue weighted by atomic mass is 32.2. The Labute approximate surface area is 199 Å². The fourth-order valence-corrected chi connectivity index (χ4v) is 5.30. The number of fused-ring (bicyclic) bond motifs is 1. The van der Waals surface area contributed by atoms with Crippen LogP contribution in [0.25, 0.3) is 0 Å². The second kappa shape index (κ2) is 7.66. The normalized spacial score (nSPS) is 25.8. The average Bonchev–Trinajstić information content (AvgIpc) is 3.62. The number of halogens is 3. The Balaban J connectivity index is 1.41. The quantitative estimate of drug-likeness (QED) is 0.554. The topological polar surface area (TPSA) is 112 Å². The second-order valence-electron chi connectivity index (χ2n) is 9.60. The number of benzene rings is 1. The lowest BCUT2D eigenvalue weighted by molar-refractivity contribution is -0.189. The van der Waals surface area contributed by atoms with Crippen molar-refractivity contribution in [1.29, 1.82) is 0 Å². The van der Waals surface area contributed by atoms with Gasteiger partial charge in [-0.05, 0) is 50.3 Å². The predicted molar refractivity (Wildman–Crippen MR) is 114 cm³/mol. The average molecular weight is 516 g/mol. The van der Waals surface area contributed by atoms with E-state index in [-0.39, 0.29) is 28.7 Å². The predicted octanol–water partition coefficient (Wildman–Crippen LogP) is 2.85. The van der Waals surface area contributed by atoms with Gasteiger partial charge in [0.05, 0.1) is 15.9 Å². The highest BCUT2D eigenvalue weighted by molar-refractivity contribution is 7.90. The number of ether oxygens (including phenoxy) is 2. The zero-order valence-corrected chi connectivity index (χ0v) is 20.1. The number of carbonyl (C=O) groups is 1. The van der Waals surface area contributed by atoms with Crippen molar-refractivity contribution in [2.45, 2.75) is 54.4 Å². The van der Waals surface area contributed by atoms with Crippen molar-refractivity contribution in [2.24, 2.45) is 5.92 Å². The maximum absolute atomic E-state index is 13.4. The lowest BCUT2D eigenvalue weighted by Gasteiger charge is -2.24. The van der Waals surface area contributed by atoms with Crippen LogP contribution in [0.4, 0.5) is 13.2 Å². The van der Waals surface area contributed by atoms with Crippen LogP contribution >= 0.6 is 0 Å². The largest absolute Gasteiger partial charge is 0.480 e. The minimum absolute atomic E-state index is 0.0613. The molecule has 2 saturated carbocycles. The van der Waals surface area contributed by atoms with Gasteiger partial charge in [-0.25, -0.2) is 8.42 Å². The van der Waals surface area contributed by atoms with E-state index in [1.54, 1.807) is 7.11 Å². The van der Waals surface area contributed by atoms with Gasteiger partial charge in [-0.1, -0.05) is 5.16 Å². The van der Waals surface area contributed by atoms with Crippen molar-refractivity contribution >= 4 is 15.7 Å². The summed E-state index contributed by atoms with van der Waals surface area (Å²) in [5, 5.41) is 4.13. The molecule has 0 bridgehead atoms. The van der Waals surface area contributed by atoms with E-state index in [2.05, 4.69) is 10.1 Å². The van der Waals surface area contributed by atoms with E-state index in [0.29, 0.717) is 18.3 Å². The first-order chi connectivity index (χ1) is 16.3. The van der Waals surface area contributed by atoms with Crippen LogP contribution in [0.1, 0.15) is 48.3 Å². The lowest BCUT2D eigenvalue weighted by Crippen LogP contribution is -2.35. The molecule has 0 N–H and O–H groups in total. The number of likely N-dealkylation sites (tertiary alicyclic amines) is 1. The first-order valence-electron chi connectivity index (χ1n) is 11.1. The summed E-state index contributed by atoms with van der Waals surface area (Å²) in [5.41, 5.74) is -1.30. The number of amides is 1. The second-order valence-corrected chi connectivity index (χ2v) is 11.6. The molecule has 190 valence electrons. The van der Waals surface area contributed by atoms with Crippen LogP contribution in [0.3, 0.4) is 0 Å². The van der Waals surface area contributed by atoms with Gasteiger partial charge in [-0.2, -0.15) is 18.2 Å². The molecule has 3 atom stereocenters. The minimum atomic E-state index is -4.66. The number of hydrogen-bond acceptors (Lipinski definition) is 8. The van der Waals surface area contributed by atoms with E-state index in [4.69, 9.17) is 14.0 Å². The molecule has 0 radical (unpaired) electrons. The molecule has 2 aliphatic carbocycles. The van der Waals surface area contributed by atoms with E-state index < -0.39 is 39.0 Å². The number of alkyl halides is 3. The van der Waals surface area contributed by atoms with E-state index >= 15 is 0 Å². The molecule has 0 spiro atoms. The summed E-state index contributed by atoms with van der Waals surface area (Å²) in [4.78, 5) is 19.2. The van der Waals surface area contributed by atoms with Gasteiger partial charge in [0.1, 0.15) is 11.4 Å². The smallest absolute Gasteiger partial charge is 0.425 e. The third-order valence-corrected chi connectivity index (χ3v) is 8.27. The van der Waals surface area contributed by atoms with Gasteiger partial charge >= 0.3 is 6.18 Å². The summed E-state index contributed by atoms with van der Waals surface area (Å²) in [5.74, 6) is -0.0167. The first kappa shape index (κ1) is 24.0. The van der Waals surface area contributed by atoms with Gasteiger partial charge < -0.3 is 18.9 Å². The number of methoxy groups -OCH3 is 1. The summed E-state index contributed by atoms with van der Waals surface area (Å²) < 4.78 is 79.4. The molecular formula is C22H24F3N3O6S. The molecule has 1 saturated heterocycles. The summed E-state index contributed by atoms with van der Waals surface area (Å²) >= 11 is 0. The number of sulfone groups is 1. The van der Waals surface area contributed by atoms with Crippen molar-refractivity contribution in [2.75, 3.05) is 26.5 Å². The molecule has 3 aliphatic rings. The monoisotopic (exact) mass is 515 g/mol. The maximum Gasteiger partial charge on any atom is 0.425 e. The Morgan fingerprint density at radius 3 is 2.63 bits per heavy atom. The number of aromatic nitrogens is 2. The molecule has 35 heavy (non-hydrogen) atoms. The van der Waals surface area contributed by atoms with Crippen LogP contribution in [0, 0.1) is 5.92 Å². The zero-order chi connectivity index (χ0) is 25.4. The Morgan fingerprint density at radius 1 is 1.31 bits per heavy atom. The third-order valence-electron chi connectivity index (χ3n) is 7.16. The molecule has 2 aromatic rings. The van der Waals surface area contributed by atoms with Gasteiger partial charge in [-0.3, -0.25) is 4.79 Å². The van der Waals surface area contributed by atoms with Gasteiger partial charge in [0.2, 0.25) is 0 Å². The number of hydrogen-bond donors (Lipinski definition) is 0. The fraction of sp³-hybridized carbons (Fsp3) is 0.591. The molecule has 1 aromatic heterocycles. The van der Waals surface area contributed by atoms with Crippen LogP contribution in [-0.4, -0.2) is 68.1 Å². The standard InChI is InChI=1S/C22H24F3N3O6S/c1-12(22(23,24)25)33-16-5-4-14(35(3,30)31)8-15(16)17(29)28-10-13-9-20(13,11-28)18-26-19(34-27-18)21(32-2)6-7-21/h4-5,8,12-13H,6-7,9-11H2,1-3H3/t12-,13?,20+/m1/s1. The van der Waals surface area contributed by atoms with Crippen LogP contribution in [0.2, 0.25) is 0 Å². The Morgan fingerprint density at radius 2 is 2.03 bits per heavy atom. The lowest BCUT2D eigenvalue weighted by atomic mass is 10.1. The fourth-order valence-electron chi connectivity index (χ4n) is 4.65. The van der Waals surface area contributed by atoms with Crippen LogP contribution < -0.4 is 4.74 Å². The molecular weight excluding hydrogens is 491 g/mol. The third kappa shape index (κ3) is 4.07. The highest BCUT2D eigenvalue weighted by Gasteiger charge is 2.65. The SMILES string of the molecule is COC1(c2nc([C@]34CC3CN(C(=O)c3cc(S(C)(=O)=O)ccc3O[C@H](C)C(F)(F)F)C4)no2)CC1. The van der Waals surface area contributed by atoms with Gasteiger partial charge in [0, 0.05) is 26.5 Å². The number of rotatable bonds is 7.